The van der Waals surface area contributed by atoms with E-state index >= 15 is 0 Å². The van der Waals surface area contributed by atoms with E-state index in [1.165, 1.54) is 0 Å². The molecule has 0 amide bonds. The van der Waals surface area contributed by atoms with Gasteiger partial charge < -0.3 is 49.7 Å². The van der Waals surface area contributed by atoms with Gasteiger partial charge in [-0.25, -0.2) is 0 Å². The molecule has 2 atom stereocenters. The van der Waals surface area contributed by atoms with Gasteiger partial charge in [-0.3, -0.25) is 0 Å². The summed E-state index contributed by atoms with van der Waals surface area (Å²) in [6, 6.07) is 40.1. The molecule has 0 saturated heterocycles. The molecule has 0 saturated carbocycles. The number of anilines is 4. The van der Waals surface area contributed by atoms with Gasteiger partial charge in [0.15, 0.2) is 0 Å². The number of rotatable bonds is 28. The highest BCUT2D eigenvalue weighted by Crippen LogP contribution is 2.35. The van der Waals surface area contributed by atoms with E-state index in [1.807, 2.05) is 121 Å². The molecule has 0 heterocycles. The van der Waals surface area contributed by atoms with Crippen LogP contribution in [-0.2, 0) is 0 Å². The maximum Gasteiger partial charge on any atom is 0.204 e. The zero-order chi connectivity index (χ0) is 47.3. The van der Waals surface area contributed by atoms with Crippen LogP contribution in [0, 0.1) is 0 Å². The summed E-state index contributed by atoms with van der Waals surface area (Å²) in [6.07, 6.45) is 22.2. The Bertz CT molecular complexity index is 2230. The molecular formula is C58H70N4O6. The molecular weight excluding hydrogens is 849 g/mol. The third kappa shape index (κ3) is 15.0. The number of hydrogen-bond acceptors (Lipinski definition) is 10. The van der Waals surface area contributed by atoms with Crippen LogP contribution in [0.25, 0.3) is 0 Å². The molecule has 0 aliphatic heterocycles. The molecule has 358 valence electrons. The molecule has 7 rings (SSSR count). The first-order valence-electron chi connectivity index (χ1n) is 24.6. The average molecular weight is 919 g/mol. The molecule has 68 heavy (non-hydrogen) atoms. The number of unbranched alkanes of at least 4 members (excludes halogenated alkanes) is 4. The van der Waals surface area contributed by atoms with E-state index in [1.54, 1.807) is 0 Å². The first-order chi connectivity index (χ1) is 33.4. The van der Waals surface area contributed by atoms with Crippen molar-refractivity contribution in [2.75, 3.05) is 47.7 Å². The molecule has 0 radical (unpaired) electrons. The van der Waals surface area contributed by atoms with Gasteiger partial charge in [-0.1, -0.05) is 65.5 Å². The number of benzene rings is 5. The summed E-state index contributed by atoms with van der Waals surface area (Å²) in [5, 5.41) is 14.5. The lowest BCUT2D eigenvalue weighted by atomic mass is 10.0. The average Bonchev–Trinajstić information content (AvgIpc) is 3.36. The van der Waals surface area contributed by atoms with E-state index < -0.39 is 11.4 Å². The molecule has 2 aliphatic carbocycles. The van der Waals surface area contributed by atoms with Crippen LogP contribution in [0.3, 0.4) is 0 Å². The number of ether oxygens (including phenoxy) is 6. The van der Waals surface area contributed by atoms with Crippen molar-refractivity contribution >= 4 is 22.7 Å². The van der Waals surface area contributed by atoms with Crippen molar-refractivity contribution in [3.8, 4) is 34.5 Å². The molecule has 2 unspecified atom stereocenters. The van der Waals surface area contributed by atoms with Gasteiger partial charge in [0, 0.05) is 47.0 Å². The van der Waals surface area contributed by atoms with Gasteiger partial charge in [0.25, 0.3) is 0 Å². The number of nitrogens with one attached hydrogen (secondary N) is 4. The van der Waals surface area contributed by atoms with E-state index in [0.29, 0.717) is 37.6 Å². The first-order valence-corrected chi connectivity index (χ1v) is 24.6. The first kappa shape index (κ1) is 49.0. The highest BCUT2D eigenvalue weighted by molar-refractivity contribution is 5.58. The van der Waals surface area contributed by atoms with E-state index in [0.717, 1.165) is 122 Å². The van der Waals surface area contributed by atoms with Crippen LogP contribution >= 0.6 is 0 Å². The summed E-state index contributed by atoms with van der Waals surface area (Å²) >= 11 is 0. The fraction of sp³-hybridized carbons (Fsp3) is 0.345. The van der Waals surface area contributed by atoms with Gasteiger partial charge in [0.1, 0.15) is 34.5 Å². The minimum absolute atomic E-state index is 0.552. The van der Waals surface area contributed by atoms with Crippen LogP contribution in [0.15, 0.2) is 169 Å². The van der Waals surface area contributed by atoms with Crippen LogP contribution in [0.2, 0.25) is 0 Å². The van der Waals surface area contributed by atoms with Gasteiger partial charge >= 0.3 is 0 Å². The minimum atomic E-state index is -0.882. The topological polar surface area (TPSA) is 104 Å². The molecule has 2 aliphatic rings. The monoisotopic (exact) mass is 919 g/mol. The second-order valence-electron chi connectivity index (χ2n) is 17.3. The van der Waals surface area contributed by atoms with Crippen molar-refractivity contribution in [2.45, 2.75) is 103 Å². The third-order valence-corrected chi connectivity index (χ3v) is 11.5. The molecule has 0 bridgehead atoms. The van der Waals surface area contributed by atoms with Crippen molar-refractivity contribution in [1.82, 2.24) is 0 Å². The van der Waals surface area contributed by atoms with Gasteiger partial charge in [-0.05, 0) is 171 Å². The maximum absolute atomic E-state index is 6.89. The van der Waals surface area contributed by atoms with Crippen molar-refractivity contribution in [2.24, 2.45) is 0 Å². The van der Waals surface area contributed by atoms with Crippen LogP contribution < -0.4 is 49.7 Å². The van der Waals surface area contributed by atoms with Gasteiger partial charge in [0.05, 0.1) is 26.4 Å². The van der Waals surface area contributed by atoms with Gasteiger partial charge in [-0.2, -0.15) is 0 Å². The van der Waals surface area contributed by atoms with E-state index in [2.05, 4.69) is 85.4 Å². The van der Waals surface area contributed by atoms with E-state index in [-0.39, 0.29) is 0 Å². The van der Waals surface area contributed by atoms with Crippen molar-refractivity contribution in [1.29, 1.82) is 0 Å². The third-order valence-electron chi connectivity index (χ3n) is 11.5. The minimum Gasteiger partial charge on any atom is -0.494 e. The quantitative estimate of drug-likeness (QED) is 0.0286. The predicted molar refractivity (Wildman–Crippen MR) is 279 cm³/mol. The number of allylic oxidation sites excluding steroid dienone is 2. The highest BCUT2D eigenvalue weighted by Gasteiger charge is 2.33. The smallest absolute Gasteiger partial charge is 0.204 e. The zero-order valence-corrected chi connectivity index (χ0v) is 40.4. The Kier molecular flexibility index (Phi) is 18.2. The standard InChI is InChI=1S/C58H70N4O6/c1-5-9-41-63-51-21-13-45(14-22-51)59-47-33-37-57(38-34-47,61-49-17-25-53(26-18-49)65-43-11-7-3)67-55-29-31-56(32-30-55)68-58(62-50-19-27-54(28-20-50)66-44-12-8-4)39-35-48(36-40-58)60-46-15-23-52(24-16-46)64-42-10-6-2/h13-37,39,59-62H,5-12,38,40-44H2,1-4H3. The molecule has 0 spiro atoms. The Morgan fingerprint density at radius 3 is 0.912 bits per heavy atom. The molecule has 10 nitrogen and oxygen atoms in total. The summed E-state index contributed by atoms with van der Waals surface area (Å²) in [6.45, 7) is 11.5. The van der Waals surface area contributed by atoms with Crippen molar-refractivity contribution in [3.05, 3.63) is 169 Å². The van der Waals surface area contributed by atoms with Crippen LogP contribution in [0.1, 0.15) is 91.9 Å². The molecule has 0 fully saturated rings. The molecule has 5 aromatic carbocycles. The lowest BCUT2D eigenvalue weighted by Crippen LogP contribution is -2.43. The fourth-order valence-corrected chi connectivity index (χ4v) is 7.51. The van der Waals surface area contributed by atoms with Crippen LogP contribution in [0.5, 0.6) is 34.5 Å². The van der Waals surface area contributed by atoms with Gasteiger partial charge in [0.2, 0.25) is 11.4 Å². The number of hydrogen-bond donors (Lipinski definition) is 4. The summed E-state index contributed by atoms with van der Waals surface area (Å²) in [5.74, 6) is 4.80. The zero-order valence-electron chi connectivity index (χ0n) is 40.4. The Morgan fingerprint density at radius 2 is 0.647 bits per heavy atom. The normalized spacial score (nSPS) is 17.3. The van der Waals surface area contributed by atoms with Gasteiger partial charge in [-0.15, -0.1) is 0 Å². The lowest BCUT2D eigenvalue weighted by Gasteiger charge is -2.36. The SMILES string of the molecule is CCCCOc1ccc(NC2=CCC(Nc3ccc(OCCCC)cc3)(Oc3ccc(OC4(Nc5ccc(OCCCC)cc5)C=CC(Nc5ccc(OCCCC)cc5)=CC4)cc3)C=C2)cc1. The Balaban J connectivity index is 1.06. The van der Waals surface area contributed by atoms with E-state index in [4.69, 9.17) is 28.4 Å². The summed E-state index contributed by atoms with van der Waals surface area (Å²) < 4.78 is 37.4. The summed E-state index contributed by atoms with van der Waals surface area (Å²) in [7, 11) is 0. The maximum atomic E-state index is 6.89. The Hall–Kier alpha value is -6.94. The van der Waals surface area contributed by atoms with Crippen LogP contribution in [0.4, 0.5) is 22.7 Å². The van der Waals surface area contributed by atoms with Crippen molar-refractivity contribution < 1.29 is 28.4 Å². The summed E-state index contributed by atoms with van der Waals surface area (Å²) in [4.78, 5) is 0. The molecule has 4 N–H and O–H groups in total. The highest BCUT2D eigenvalue weighted by atomic mass is 16.5. The predicted octanol–water partition coefficient (Wildman–Crippen LogP) is 14.7. The fourth-order valence-electron chi connectivity index (χ4n) is 7.51. The van der Waals surface area contributed by atoms with Crippen LogP contribution in [-0.4, -0.2) is 37.9 Å². The Labute approximate surface area is 404 Å². The molecule has 10 heteroatoms. The second-order valence-corrected chi connectivity index (χ2v) is 17.3. The summed E-state index contributed by atoms with van der Waals surface area (Å²) in [5.41, 5.74) is 3.97. The molecule has 5 aromatic rings. The van der Waals surface area contributed by atoms with Crippen molar-refractivity contribution in [3.63, 3.8) is 0 Å². The largest absolute Gasteiger partial charge is 0.494 e. The lowest BCUT2D eigenvalue weighted by molar-refractivity contribution is 0.146. The second kappa shape index (κ2) is 25.3. The molecule has 0 aromatic heterocycles. The van der Waals surface area contributed by atoms with E-state index in [9.17, 15) is 0 Å². The Morgan fingerprint density at radius 1 is 0.368 bits per heavy atom.